The van der Waals surface area contributed by atoms with Crippen molar-refractivity contribution in [2.75, 3.05) is 26.7 Å². The van der Waals surface area contributed by atoms with Gasteiger partial charge in [0.15, 0.2) is 5.96 Å². The highest BCUT2D eigenvalue weighted by atomic mass is 32.2. The molecule has 0 aromatic carbocycles. The zero-order chi connectivity index (χ0) is 20.8. The number of aryl methyl sites for hydroxylation is 2. The summed E-state index contributed by atoms with van der Waals surface area (Å²) in [6.45, 7) is 3.21. The molecule has 0 unspecified atom stereocenters. The predicted molar refractivity (Wildman–Crippen MR) is 100 cm³/mol. The van der Waals surface area contributed by atoms with Crippen LogP contribution in [0.15, 0.2) is 17.4 Å². The minimum Gasteiger partial charge on any atom is -0.356 e. The lowest BCUT2D eigenvalue weighted by Crippen LogP contribution is -2.51. The van der Waals surface area contributed by atoms with Gasteiger partial charge in [0.25, 0.3) is 0 Å². The molecule has 0 atom stereocenters. The van der Waals surface area contributed by atoms with Gasteiger partial charge in [0.2, 0.25) is 0 Å². The second-order valence-electron chi connectivity index (χ2n) is 6.64. The van der Waals surface area contributed by atoms with Gasteiger partial charge < -0.3 is 15.2 Å². The smallest absolute Gasteiger partial charge is 0.356 e. The maximum absolute atomic E-state index is 12.6. The Hall–Kier alpha value is -1.82. The molecule has 28 heavy (non-hydrogen) atoms. The van der Waals surface area contributed by atoms with E-state index in [1.165, 1.54) is 0 Å². The Morgan fingerprint density at radius 2 is 2.00 bits per heavy atom. The molecule has 1 aromatic heterocycles. The topological polar surface area (TPSA) is 91.6 Å². The van der Waals surface area contributed by atoms with Crippen molar-refractivity contribution in [3.63, 3.8) is 0 Å². The van der Waals surface area contributed by atoms with Gasteiger partial charge in [0.05, 0.1) is 0 Å². The number of hydrogen-bond acceptors (Lipinski definition) is 4. The summed E-state index contributed by atoms with van der Waals surface area (Å²) in [7, 11) is -3.63. The molecule has 1 aliphatic heterocycles. The average molecular weight is 424 g/mol. The highest BCUT2D eigenvalue weighted by molar-refractivity contribution is 7.90. The summed E-state index contributed by atoms with van der Waals surface area (Å²) in [5.74, 6) is 1.54. The van der Waals surface area contributed by atoms with Gasteiger partial charge in [-0.25, -0.2) is 13.4 Å². The van der Waals surface area contributed by atoms with Crippen LogP contribution >= 0.6 is 0 Å². The first-order valence-electron chi connectivity index (χ1n) is 9.16. The zero-order valence-corrected chi connectivity index (χ0v) is 16.9. The first-order valence-corrected chi connectivity index (χ1v) is 10.6. The largest absolute Gasteiger partial charge is 0.511 e. The van der Waals surface area contributed by atoms with Gasteiger partial charge >= 0.3 is 15.5 Å². The zero-order valence-electron chi connectivity index (χ0n) is 16.0. The monoisotopic (exact) mass is 424 g/mol. The molecule has 0 saturated carbocycles. The molecule has 0 spiro atoms. The van der Waals surface area contributed by atoms with Gasteiger partial charge in [-0.3, -0.25) is 4.99 Å². The normalized spacial score (nSPS) is 17.7. The Balaban J connectivity index is 1.69. The number of nitrogens with zero attached hydrogens (tertiary/aromatic N) is 4. The van der Waals surface area contributed by atoms with Crippen LogP contribution in [0.1, 0.15) is 31.5 Å². The molecule has 0 aliphatic carbocycles. The second kappa shape index (κ2) is 9.59. The van der Waals surface area contributed by atoms with Crippen molar-refractivity contribution in [2.24, 2.45) is 4.99 Å². The van der Waals surface area contributed by atoms with Crippen molar-refractivity contribution >= 4 is 16.0 Å². The molecule has 0 amide bonds. The molecule has 2 rings (SSSR count). The first-order chi connectivity index (χ1) is 13.1. The number of rotatable bonds is 7. The van der Waals surface area contributed by atoms with Crippen molar-refractivity contribution in [3.05, 3.63) is 18.2 Å². The van der Waals surface area contributed by atoms with E-state index in [9.17, 15) is 21.6 Å². The molecule has 8 nitrogen and oxygen atoms in total. The van der Waals surface area contributed by atoms with Crippen LogP contribution in [0.3, 0.4) is 0 Å². The Kier molecular flexibility index (Phi) is 7.70. The number of unbranched alkanes of at least 4 members (excludes halogenated alkanes) is 1. The lowest BCUT2D eigenvalue weighted by molar-refractivity contribution is -0.0494. The molecule has 2 N–H and O–H groups in total. The molecule has 2 heterocycles. The molecule has 160 valence electrons. The summed E-state index contributed by atoms with van der Waals surface area (Å²) in [6, 6.07) is -0.125. The summed E-state index contributed by atoms with van der Waals surface area (Å²) >= 11 is 0. The van der Waals surface area contributed by atoms with Crippen LogP contribution in [-0.4, -0.2) is 66.5 Å². The SMILES string of the molecule is CN=C(NCCCCn1ccnc1C)NC1CCN(S(=O)(=O)C(F)(F)F)CC1. The van der Waals surface area contributed by atoms with E-state index in [0.29, 0.717) is 16.8 Å². The summed E-state index contributed by atoms with van der Waals surface area (Å²) in [5, 5.41) is 6.33. The molecular weight excluding hydrogens is 397 g/mol. The number of hydrogen-bond donors (Lipinski definition) is 2. The van der Waals surface area contributed by atoms with Crippen LogP contribution in [0.2, 0.25) is 0 Å². The minimum absolute atomic E-state index is 0.125. The van der Waals surface area contributed by atoms with Gasteiger partial charge in [0, 0.05) is 51.7 Å². The lowest BCUT2D eigenvalue weighted by atomic mass is 10.1. The van der Waals surface area contributed by atoms with Crippen LogP contribution in [0.5, 0.6) is 0 Å². The highest BCUT2D eigenvalue weighted by Crippen LogP contribution is 2.28. The third-order valence-electron chi connectivity index (χ3n) is 4.69. The van der Waals surface area contributed by atoms with E-state index in [0.717, 1.165) is 25.2 Å². The van der Waals surface area contributed by atoms with Crippen LogP contribution in [0, 0.1) is 6.92 Å². The number of nitrogens with one attached hydrogen (secondary N) is 2. The Bertz CT molecular complexity index is 755. The summed E-state index contributed by atoms with van der Waals surface area (Å²) in [4.78, 5) is 8.29. The van der Waals surface area contributed by atoms with Gasteiger partial charge in [-0.15, -0.1) is 0 Å². The van der Waals surface area contributed by atoms with Crippen molar-refractivity contribution in [3.8, 4) is 0 Å². The number of piperidine rings is 1. The number of aromatic nitrogens is 2. The average Bonchev–Trinajstić information content (AvgIpc) is 3.05. The number of aliphatic imine (C=N–C) groups is 1. The van der Waals surface area contributed by atoms with Crippen molar-refractivity contribution in [1.29, 1.82) is 0 Å². The van der Waals surface area contributed by atoms with Crippen LogP contribution in [0.4, 0.5) is 13.2 Å². The van der Waals surface area contributed by atoms with E-state index >= 15 is 0 Å². The van der Waals surface area contributed by atoms with Crippen LogP contribution < -0.4 is 10.6 Å². The number of alkyl halides is 3. The molecular formula is C16H27F3N6O2S. The Morgan fingerprint density at radius 3 is 2.54 bits per heavy atom. The molecule has 0 radical (unpaired) electrons. The summed E-state index contributed by atoms with van der Waals surface area (Å²) in [5.41, 5.74) is -5.25. The van der Waals surface area contributed by atoms with E-state index in [2.05, 4.69) is 25.2 Å². The first kappa shape index (κ1) is 22.5. The number of guanidine groups is 1. The predicted octanol–water partition coefficient (Wildman–Crippen LogP) is 1.45. The standard InChI is InChI=1S/C16H27F3N6O2S/c1-13-21-8-12-24(13)9-4-3-7-22-15(20-2)23-14-5-10-25(11-6-14)28(26,27)16(17,18)19/h8,12,14H,3-7,9-11H2,1-2H3,(H2,20,22,23). The van der Waals surface area contributed by atoms with Crippen molar-refractivity contribution < 1.29 is 21.6 Å². The van der Waals surface area contributed by atoms with E-state index in [1.807, 2.05) is 13.1 Å². The number of halogens is 3. The van der Waals surface area contributed by atoms with Gasteiger partial charge in [0.1, 0.15) is 5.82 Å². The van der Waals surface area contributed by atoms with E-state index in [4.69, 9.17) is 0 Å². The fourth-order valence-corrected chi connectivity index (χ4v) is 4.01. The van der Waals surface area contributed by atoms with E-state index in [-0.39, 0.29) is 32.0 Å². The number of imidazole rings is 1. The minimum atomic E-state index is -5.25. The van der Waals surface area contributed by atoms with E-state index < -0.39 is 15.5 Å². The molecule has 0 bridgehead atoms. The van der Waals surface area contributed by atoms with Gasteiger partial charge in [-0.1, -0.05) is 0 Å². The fraction of sp³-hybridized carbons (Fsp3) is 0.750. The molecule has 1 fully saturated rings. The second-order valence-corrected chi connectivity index (χ2v) is 8.57. The quantitative estimate of drug-likeness (QED) is 0.393. The summed E-state index contributed by atoms with van der Waals surface area (Å²) < 4.78 is 63.3. The van der Waals surface area contributed by atoms with Crippen molar-refractivity contribution in [2.45, 2.75) is 50.7 Å². The highest BCUT2D eigenvalue weighted by Gasteiger charge is 2.50. The fourth-order valence-electron chi connectivity index (χ4n) is 3.03. The van der Waals surface area contributed by atoms with Gasteiger partial charge in [-0.05, 0) is 32.6 Å². The third-order valence-corrected chi connectivity index (χ3v) is 6.32. The lowest BCUT2D eigenvalue weighted by Gasteiger charge is -2.32. The van der Waals surface area contributed by atoms with E-state index in [1.54, 1.807) is 13.2 Å². The molecule has 1 saturated heterocycles. The Morgan fingerprint density at radius 1 is 1.32 bits per heavy atom. The maximum atomic E-state index is 12.6. The molecule has 1 aliphatic rings. The molecule has 1 aromatic rings. The van der Waals surface area contributed by atoms with Crippen LogP contribution in [-0.2, 0) is 16.6 Å². The Labute approximate surface area is 163 Å². The molecule has 12 heteroatoms. The maximum Gasteiger partial charge on any atom is 0.511 e. The summed E-state index contributed by atoms with van der Waals surface area (Å²) in [6.07, 6.45) is 6.17. The van der Waals surface area contributed by atoms with Crippen LogP contribution in [0.25, 0.3) is 0 Å². The third kappa shape index (κ3) is 5.84. The van der Waals surface area contributed by atoms with Gasteiger partial charge in [-0.2, -0.15) is 17.5 Å². The number of sulfonamides is 1. The van der Waals surface area contributed by atoms with Crippen molar-refractivity contribution in [1.82, 2.24) is 24.5 Å².